The first-order chi connectivity index (χ1) is 15.5. The summed E-state index contributed by atoms with van der Waals surface area (Å²) in [6.07, 6.45) is 1.31. The SMILES string of the molecule is Cc1ccc(C2=C(N3CCc4ccccc43)C(=O)N(CCc3ccc(F)cc3)C2=O)cc1. The van der Waals surface area contributed by atoms with Gasteiger partial charge in [0.05, 0.1) is 5.57 Å². The minimum absolute atomic E-state index is 0.248. The molecule has 0 fully saturated rings. The number of fused-ring (bicyclic) bond motifs is 1. The smallest absolute Gasteiger partial charge is 0.278 e. The second kappa shape index (κ2) is 8.08. The second-order valence-corrected chi connectivity index (χ2v) is 8.26. The summed E-state index contributed by atoms with van der Waals surface area (Å²) in [5.41, 5.74) is 5.77. The zero-order valence-corrected chi connectivity index (χ0v) is 17.8. The zero-order chi connectivity index (χ0) is 22.2. The standard InChI is InChI=1S/C27H23FN2O2/c1-18-6-10-21(11-7-18)24-25(29-17-15-20-4-2-3-5-23(20)29)27(32)30(26(24)31)16-14-19-8-12-22(28)13-9-19/h2-13H,14-17H2,1H3. The Kier molecular flexibility index (Phi) is 5.10. The minimum atomic E-state index is -0.305. The van der Waals surface area contributed by atoms with Crippen LogP contribution in [0.15, 0.2) is 78.5 Å². The van der Waals surface area contributed by atoms with Crippen LogP contribution in [-0.2, 0) is 22.4 Å². The van der Waals surface area contributed by atoms with Crippen molar-refractivity contribution in [3.05, 3.63) is 107 Å². The van der Waals surface area contributed by atoms with Crippen LogP contribution in [0.4, 0.5) is 10.1 Å². The Hall–Kier alpha value is -3.73. The van der Waals surface area contributed by atoms with E-state index in [-0.39, 0.29) is 24.2 Å². The van der Waals surface area contributed by atoms with Crippen molar-refractivity contribution in [3.63, 3.8) is 0 Å². The lowest BCUT2D eigenvalue weighted by molar-refractivity contribution is -0.136. The van der Waals surface area contributed by atoms with Crippen LogP contribution < -0.4 is 4.90 Å². The van der Waals surface area contributed by atoms with E-state index < -0.39 is 0 Å². The third-order valence-electron chi connectivity index (χ3n) is 6.18. The van der Waals surface area contributed by atoms with Crippen LogP contribution in [0, 0.1) is 12.7 Å². The molecule has 3 aromatic carbocycles. The van der Waals surface area contributed by atoms with Gasteiger partial charge in [0.2, 0.25) is 0 Å². The first-order valence-electron chi connectivity index (χ1n) is 10.8. The van der Waals surface area contributed by atoms with Gasteiger partial charge in [-0.2, -0.15) is 0 Å². The topological polar surface area (TPSA) is 40.6 Å². The number of amides is 2. The molecule has 4 nitrogen and oxygen atoms in total. The molecule has 160 valence electrons. The van der Waals surface area contributed by atoms with Crippen molar-refractivity contribution in [2.24, 2.45) is 0 Å². The molecule has 2 heterocycles. The van der Waals surface area contributed by atoms with Gasteiger partial charge in [0.25, 0.3) is 11.8 Å². The summed E-state index contributed by atoms with van der Waals surface area (Å²) >= 11 is 0. The molecule has 5 rings (SSSR count). The number of para-hydroxylation sites is 1. The monoisotopic (exact) mass is 426 g/mol. The molecule has 0 saturated heterocycles. The molecular weight excluding hydrogens is 403 g/mol. The molecule has 2 aliphatic heterocycles. The van der Waals surface area contributed by atoms with E-state index in [0.29, 0.717) is 24.2 Å². The molecule has 0 aromatic heterocycles. The highest BCUT2D eigenvalue weighted by Crippen LogP contribution is 2.38. The van der Waals surface area contributed by atoms with Crippen molar-refractivity contribution < 1.29 is 14.0 Å². The number of halogens is 1. The van der Waals surface area contributed by atoms with Gasteiger partial charge in [-0.1, -0.05) is 60.2 Å². The average molecular weight is 426 g/mol. The zero-order valence-electron chi connectivity index (χ0n) is 17.8. The van der Waals surface area contributed by atoms with E-state index in [9.17, 15) is 14.0 Å². The number of carbonyl (C=O) groups excluding carboxylic acids is 2. The van der Waals surface area contributed by atoms with Gasteiger partial charge in [-0.15, -0.1) is 0 Å². The maximum Gasteiger partial charge on any atom is 0.278 e. The Morgan fingerprint density at radius 3 is 2.34 bits per heavy atom. The summed E-state index contributed by atoms with van der Waals surface area (Å²) in [6.45, 7) is 2.90. The maximum absolute atomic E-state index is 13.6. The van der Waals surface area contributed by atoms with E-state index in [4.69, 9.17) is 0 Å². The molecule has 32 heavy (non-hydrogen) atoms. The number of nitrogens with zero attached hydrogens (tertiary/aromatic N) is 2. The van der Waals surface area contributed by atoms with Gasteiger partial charge in [-0.3, -0.25) is 14.5 Å². The third kappa shape index (κ3) is 3.50. The van der Waals surface area contributed by atoms with E-state index >= 15 is 0 Å². The molecule has 0 spiro atoms. The van der Waals surface area contributed by atoms with E-state index in [1.807, 2.05) is 54.3 Å². The lowest BCUT2D eigenvalue weighted by Crippen LogP contribution is -2.36. The number of hydrogen-bond donors (Lipinski definition) is 0. The fraction of sp³-hybridized carbons (Fsp3) is 0.185. The Bertz CT molecular complexity index is 1230. The second-order valence-electron chi connectivity index (χ2n) is 8.26. The predicted octanol–water partition coefficient (Wildman–Crippen LogP) is 4.52. The molecule has 0 atom stereocenters. The van der Waals surface area contributed by atoms with Crippen LogP contribution in [0.25, 0.3) is 5.57 Å². The highest BCUT2D eigenvalue weighted by atomic mass is 19.1. The molecule has 3 aromatic rings. The van der Waals surface area contributed by atoms with Crippen molar-refractivity contribution in [1.82, 2.24) is 4.90 Å². The highest BCUT2D eigenvalue weighted by Gasteiger charge is 2.42. The van der Waals surface area contributed by atoms with E-state index in [0.717, 1.165) is 28.8 Å². The third-order valence-corrected chi connectivity index (χ3v) is 6.18. The van der Waals surface area contributed by atoms with Crippen LogP contribution in [-0.4, -0.2) is 29.8 Å². The molecule has 2 amide bonds. The van der Waals surface area contributed by atoms with Crippen LogP contribution in [0.2, 0.25) is 0 Å². The predicted molar refractivity (Wildman–Crippen MR) is 122 cm³/mol. The number of benzene rings is 3. The first kappa shape index (κ1) is 20.2. The van der Waals surface area contributed by atoms with E-state index in [1.165, 1.54) is 22.6 Å². The number of hydrogen-bond acceptors (Lipinski definition) is 3. The van der Waals surface area contributed by atoms with Gasteiger partial charge in [0.1, 0.15) is 11.5 Å². The molecule has 5 heteroatoms. The summed E-state index contributed by atoms with van der Waals surface area (Å²) < 4.78 is 13.2. The van der Waals surface area contributed by atoms with E-state index in [1.54, 1.807) is 12.1 Å². The summed E-state index contributed by atoms with van der Waals surface area (Å²) in [5.74, 6) is -0.856. The number of imide groups is 1. The summed E-state index contributed by atoms with van der Waals surface area (Å²) in [7, 11) is 0. The van der Waals surface area contributed by atoms with Crippen molar-refractivity contribution in [3.8, 4) is 0 Å². The maximum atomic E-state index is 13.6. The minimum Gasteiger partial charge on any atom is -0.336 e. The number of anilines is 1. The molecular formula is C27H23FN2O2. The van der Waals surface area contributed by atoms with Gasteiger partial charge < -0.3 is 4.90 Å². The first-order valence-corrected chi connectivity index (χ1v) is 10.8. The van der Waals surface area contributed by atoms with Crippen molar-refractivity contribution in [1.29, 1.82) is 0 Å². The summed E-state index contributed by atoms with van der Waals surface area (Å²) in [5, 5.41) is 0. The number of carbonyl (C=O) groups is 2. The normalized spacial score (nSPS) is 15.7. The number of aryl methyl sites for hydroxylation is 1. The van der Waals surface area contributed by atoms with Gasteiger partial charge in [-0.05, 0) is 54.7 Å². The molecule has 0 bridgehead atoms. The molecule has 0 saturated carbocycles. The fourth-order valence-corrected chi connectivity index (χ4v) is 4.46. The lowest BCUT2D eigenvalue weighted by atomic mass is 10.0. The molecule has 0 radical (unpaired) electrons. The van der Waals surface area contributed by atoms with Crippen LogP contribution in [0.3, 0.4) is 0 Å². The van der Waals surface area contributed by atoms with Gasteiger partial charge in [0, 0.05) is 18.8 Å². The number of rotatable bonds is 5. The quantitative estimate of drug-likeness (QED) is 0.564. The average Bonchev–Trinajstić information content (AvgIpc) is 3.32. The Morgan fingerprint density at radius 2 is 1.59 bits per heavy atom. The van der Waals surface area contributed by atoms with E-state index in [2.05, 4.69) is 6.07 Å². The van der Waals surface area contributed by atoms with Crippen molar-refractivity contribution in [2.75, 3.05) is 18.0 Å². The van der Waals surface area contributed by atoms with Gasteiger partial charge >= 0.3 is 0 Å². The van der Waals surface area contributed by atoms with Gasteiger partial charge in [-0.25, -0.2) is 4.39 Å². The fourth-order valence-electron chi connectivity index (χ4n) is 4.46. The molecule has 2 aliphatic rings. The lowest BCUT2D eigenvalue weighted by Gasteiger charge is -2.22. The van der Waals surface area contributed by atoms with Crippen LogP contribution >= 0.6 is 0 Å². The molecule has 0 N–H and O–H groups in total. The Labute approximate surface area is 186 Å². The van der Waals surface area contributed by atoms with Crippen molar-refractivity contribution in [2.45, 2.75) is 19.8 Å². The molecule has 0 aliphatic carbocycles. The summed E-state index contributed by atoms with van der Waals surface area (Å²) in [6, 6.07) is 21.9. The highest BCUT2D eigenvalue weighted by molar-refractivity contribution is 6.36. The molecule has 0 unspecified atom stereocenters. The van der Waals surface area contributed by atoms with Gasteiger partial charge in [0.15, 0.2) is 0 Å². The Morgan fingerprint density at radius 1 is 0.875 bits per heavy atom. The summed E-state index contributed by atoms with van der Waals surface area (Å²) in [4.78, 5) is 30.4. The largest absolute Gasteiger partial charge is 0.336 e. The van der Waals surface area contributed by atoms with Crippen molar-refractivity contribution >= 4 is 23.1 Å². The van der Waals surface area contributed by atoms with Crippen LogP contribution in [0.5, 0.6) is 0 Å². The Balaban J connectivity index is 1.52. The van der Waals surface area contributed by atoms with Crippen LogP contribution in [0.1, 0.15) is 22.3 Å².